The Labute approximate surface area is 202 Å². The van der Waals surface area contributed by atoms with Gasteiger partial charge in [-0.1, -0.05) is 29.8 Å². The van der Waals surface area contributed by atoms with Gasteiger partial charge in [0.05, 0.1) is 6.54 Å². The van der Waals surface area contributed by atoms with Crippen molar-refractivity contribution in [1.29, 1.82) is 0 Å². The molecule has 174 valence electrons. The number of hydrogen-bond donors (Lipinski definition) is 2. The summed E-state index contributed by atoms with van der Waals surface area (Å²) in [4.78, 5) is 39.3. The van der Waals surface area contributed by atoms with Crippen LogP contribution in [0, 0.1) is 0 Å². The van der Waals surface area contributed by atoms with E-state index in [1.165, 1.54) is 11.1 Å². The SMILES string of the molecule is CC1(c2ccc3c(c2)CCC3)NC(=O)N(CC(=O)NCc2ccc(-c3ccc(Cl)cc3)o2)C1=O. The molecular weight excluding hydrogens is 454 g/mol. The Morgan fingerprint density at radius 2 is 1.85 bits per heavy atom. The van der Waals surface area contributed by atoms with Crippen LogP contribution in [0.5, 0.6) is 0 Å². The lowest BCUT2D eigenvalue weighted by Crippen LogP contribution is -2.43. The Morgan fingerprint density at radius 1 is 1.09 bits per heavy atom. The fourth-order valence-corrected chi connectivity index (χ4v) is 4.67. The van der Waals surface area contributed by atoms with E-state index < -0.39 is 23.4 Å². The van der Waals surface area contributed by atoms with E-state index in [0.717, 1.165) is 35.3 Å². The third-order valence-corrected chi connectivity index (χ3v) is 6.75. The molecule has 2 heterocycles. The first kappa shape index (κ1) is 22.2. The molecule has 1 aliphatic heterocycles. The molecule has 0 radical (unpaired) electrons. The molecule has 1 unspecified atom stereocenters. The molecule has 2 N–H and O–H groups in total. The number of halogens is 1. The Morgan fingerprint density at radius 3 is 2.65 bits per heavy atom. The summed E-state index contributed by atoms with van der Waals surface area (Å²) in [6.45, 7) is 1.46. The first-order valence-corrected chi connectivity index (χ1v) is 11.6. The molecule has 3 aromatic rings. The molecule has 1 atom stereocenters. The second-order valence-electron chi connectivity index (χ2n) is 8.83. The zero-order valence-corrected chi connectivity index (χ0v) is 19.4. The fraction of sp³-hybridized carbons (Fsp3) is 0.269. The van der Waals surface area contributed by atoms with E-state index in [2.05, 4.69) is 10.6 Å². The molecule has 1 saturated heterocycles. The van der Waals surface area contributed by atoms with Crippen molar-refractivity contribution < 1.29 is 18.8 Å². The van der Waals surface area contributed by atoms with E-state index >= 15 is 0 Å². The third kappa shape index (κ3) is 4.07. The largest absolute Gasteiger partial charge is 0.459 e. The van der Waals surface area contributed by atoms with Crippen molar-refractivity contribution in [3.05, 3.63) is 82.1 Å². The number of furan rings is 1. The summed E-state index contributed by atoms with van der Waals surface area (Å²) in [5.41, 5.74) is 2.92. The molecule has 4 amide bonds. The number of fused-ring (bicyclic) bond motifs is 1. The van der Waals surface area contributed by atoms with Crippen LogP contribution in [-0.2, 0) is 34.5 Å². The fourth-order valence-electron chi connectivity index (χ4n) is 4.55. The summed E-state index contributed by atoms with van der Waals surface area (Å²) >= 11 is 5.92. The van der Waals surface area contributed by atoms with E-state index in [1.54, 1.807) is 25.1 Å². The van der Waals surface area contributed by atoms with Gasteiger partial charge in [0, 0.05) is 10.6 Å². The molecule has 1 fully saturated rings. The summed E-state index contributed by atoms with van der Waals surface area (Å²) in [5.74, 6) is 0.318. The van der Waals surface area contributed by atoms with E-state index in [0.29, 0.717) is 16.5 Å². The predicted molar refractivity (Wildman–Crippen MR) is 127 cm³/mol. The minimum atomic E-state index is -1.19. The van der Waals surface area contributed by atoms with Gasteiger partial charge in [-0.15, -0.1) is 0 Å². The predicted octanol–water partition coefficient (Wildman–Crippen LogP) is 4.17. The van der Waals surface area contributed by atoms with E-state index in [-0.39, 0.29) is 13.1 Å². The van der Waals surface area contributed by atoms with Crippen molar-refractivity contribution in [3.63, 3.8) is 0 Å². The molecule has 0 spiro atoms. The number of aryl methyl sites for hydroxylation is 2. The van der Waals surface area contributed by atoms with Crippen molar-refractivity contribution in [1.82, 2.24) is 15.5 Å². The summed E-state index contributed by atoms with van der Waals surface area (Å²) < 4.78 is 5.78. The minimum Gasteiger partial charge on any atom is -0.459 e. The van der Waals surface area contributed by atoms with Crippen molar-refractivity contribution in [2.45, 2.75) is 38.3 Å². The van der Waals surface area contributed by atoms with Gasteiger partial charge < -0.3 is 15.1 Å². The quantitative estimate of drug-likeness (QED) is 0.521. The summed E-state index contributed by atoms with van der Waals surface area (Å²) in [6, 6.07) is 16.2. The number of carbonyl (C=O) groups excluding carboxylic acids is 3. The molecule has 2 aromatic carbocycles. The maximum atomic E-state index is 13.2. The van der Waals surface area contributed by atoms with Crippen LogP contribution in [0.2, 0.25) is 5.02 Å². The van der Waals surface area contributed by atoms with Crippen LogP contribution >= 0.6 is 11.6 Å². The Bertz CT molecular complexity index is 1280. The van der Waals surface area contributed by atoms with Gasteiger partial charge in [0.25, 0.3) is 5.91 Å². The van der Waals surface area contributed by atoms with Gasteiger partial charge in [-0.25, -0.2) is 4.79 Å². The van der Waals surface area contributed by atoms with Crippen LogP contribution in [-0.4, -0.2) is 29.3 Å². The number of amides is 4. The zero-order chi connectivity index (χ0) is 23.9. The second kappa shape index (κ2) is 8.65. The molecule has 1 aromatic heterocycles. The molecular formula is C26H24ClN3O4. The molecule has 0 bridgehead atoms. The van der Waals surface area contributed by atoms with Crippen molar-refractivity contribution >= 4 is 29.4 Å². The lowest BCUT2D eigenvalue weighted by molar-refractivity contribution is -0.134. The lowest BCUT2D eigenvalue weighted by atomic mass is 9.89. The third-order valence-electron chi connectivity index (χ3n) is 6.50. The first-order chi connectivity index (χ1) is 16.3. The number of hydrogen-bond acceptors (Lipinski definition) is 4. The Balaban J connectivity index is 1.22. The molecule has 34 heavy (non-hydrogen) atoms. The van der Waals surface area contributed by atoms with Crippen molar-refractivity contribution in [3.8, 4) is 11.3 Å². The number of benzene rings is 2. The number of nitrogens with one attached hydrogen (secondary N) is 2. The van der Waals surface area contributed by atoms with E-state index in [4.69, 9.17) is 16.0 Å². The standard InChI is InChI=1S/C26H24ClN3O4/c1-26(19-8-5-16-3-2-4-18(16)13-19)24(32)30(25(33)29-26)15-23(31)28-14-21-11-12-22(34-21)17-6-9-20(27)10-7-17/h5-13H,2-4,14-15H2,1H3,(H,28,31)(H,29,33). The minimum absolute atomic E-state index is 0.137. The Kier molecular flexibility index (Phi) is 5.65. The molecule has 8 heteroatoms. The van der Waals surface area contributed by atoms with Crippen LogP contribution in [0.4, 0.5) is 4.79 Å². The van der Waals surface area contributed by atoms with Crippen LogP contribution in [0.3, 0.4) is 0 Å². The van der Waals surface area contributed by atoms with Gasteiger partial charge in [-0.3, -0.25) is 14.5 Å². The van der Waals surface area contributed by atoms with Gasteiger partial charge in [-0.05, 0) is 79.3 Å². The Hall–Kier alpha value is -3.58. The second-order valence-corrected chi connectivity index (χ2v) is 9.27. The van der Waals surface area contributed by atoms with Crippen LogP contribution in [0.15, 0.2) is 59.0 Å². The molecule has 5 rings (SSSR count). The highest BCUT2D eigenvalue weighted by molar-refractivity contribution is 6.30. The van der Waals surface area contributed by atoms with E-state index in [9.17, 15) is 14.4 Å². The number of imide groups is 1. The summed E-state index contributed by atoms with van der Waals surface area (Å²) in [7, 11) is 0. The monoisotopic (exact) mass is 477 g/mol. The number of carbonyl (C=O) groups is 3. The molecule has 2 aliphatic rings. The van der Waals surface area contributed by atoms with Gasteiger partial charge in [0.15, 0.2) is 0 Å². The number of rotatable bonds is 6. The zero-order valence-electron chi connectivity index (χ0n) is 18.7. The van der Waals surface area contributed by atoms with Crippen LogP contribution in [0.1, 0.15) is 35.8 Å². The summed E-state index contributed by atoms with van der Waals surface area (Å²) in [6.07, 6.45) is 3.11. The summed E-state index contributed by atoms with van der Waals surface area (Å²) in [5, 5.41) is 6.12. The first-order valence-electron chi connectivity index (χ1n) is 11.2. The molecule has 0 saturated carbocycles. The van der Waals surface area contributed by atoms with Crippen molar-refractivity contribution in [2.75, 3.05) is 6.54 Å². The van der Waals surface area contributed by atoms with Crippen molar-refractivity contribution in [2.24, 2.45) is 0 Å². The van der Waals surface area contributed by atoms with Gasteiger partial charge in [-0.2, -0.15) is 0 Å². The highest BCUT2D eigenvalue weighted by atomic mass is 35.5. The van der Waals surface area contributed by atoms with Crippen LogP contribution in [0.25, 0.3) is 11.3 Å². The topological polar surface area (TPSA) is 91.7 Å². The highest BCUT2D eigenvalue weighted by Gasteiger charge is 2.49. The van der Waals surface area contributed by atoms with Crippen LogP contribution < -0.4 is 10.6 Å². The maximum Gasteiger partial charge on any atom is 0.325 e. The van der Waals surface area contributed by atoms with Gasteiger partial charge in [0.1, 0.15) is 23.6 Å². The highest BCUT2D eigenvalue weighted by Crippen LogP contribution is 2.32. The average molecular weight is 478 g/mol. The lowest BCUT2D eigenvalue weighted by Gasteiger charge is -2.23. The van der Waals surface area contributed by atoms with Gasteiger partial charge in [0.2, 0.25) is 5.91 Å². The van der Waals surface area contributed by atoms with Gasteiger partial charge >= 0.3 is 6.03 Å². The molecule has 1 aliphatic carbocycles. The van der Waals surface area contributed by atoms with E-state index in [1.807, 2.05) is 36.4 Å². The molecule has 7 nitrogen and oxygen atoms in total. The smallest absolute Gasteiger partial charge is 0.325 e. The average Bonchev–Trinajstić information content (AvgIpc) is 3.54. The normalized spacial score (nSPS) is 19.3. The number of urea groups is 1. The number of nitrogens with zero attached hydrogens (tertiary/aromatic N) is 1. The maximum absolute atomic E-state index is 13.2.